The van der Waals surface area contributed by atoms with E-state index in [1.54, 1.807) is 24.3 Å². The van der Waals surface area contributed by atoms with Gasteiger partial charge in [-0.05, 0) is 23.3 Å². The van der Waals surface area contributed by atoms with Crippen molar-refractivity contribution in [2.45, 2.75) is 19.5 Å². The predicted octanol–water partition coefficient (Wildman–Crippen LogP) is 1.46. The molecule has 0 fully saturated rings. The Morgan fingerprint density at radius 1 is 1.43 bits per heavy atom. The van der Waals surface area contributed by atoms with Crippen molar-refractivity contribution in [3.05, 3.63) is 62.0 Å². The lowest BCUT2D eigenvalue weighted by atomic mass is 10.1. The zero-order valence-corrected chi connectivity index (χ0v) is 12.0. The van der Waals surface area contributed by atoms with Crippen molar-refractivity contribution in [1.29, 1.82) is 5.26 Å². The van der Waals surface area contributed by atoms with Gasteiger partial charge in [-0.15, -0.1) is 0 Å². The number of nitrogens with zero attached hydrogens (tertiary/aromatic N) is 3. The zero-order chi connectivity index (χ0) is 14.8. The Kier molecular flexibility index (Phi) is 3.74. The highest BCUT2D eigenvalue weighted by Crippen LogP contribution is 2.18. The maximum absolute atomic E-state index is 12.1. The van der Waals surface area contributed by atoms with Crippen LogP contribution in [0.15, 0.2) is 29.1 Å². The third-order valence-corrected chi connectivity index (χ3v) is 3.87. The number of hydrogen-bond acceptors (Lipinski definition) is 4. The number of benzene rings is 1. The summed E-state index contributed by atoms with van der Waals surface area (Å²) < 4.78 is 1.43. The molecule has 3 rings (SSSR count). The molecular formula is C15H13ClN4O. The summed E-state index contributed by atoms with van der Waals surface area (Å²) in [5, 5.41) is 17.0. The van der Waals surface area contributed by atoms with Crippen LogP contribution in [0.2, 0.25) is 5.02 Å². The standard InChI is InChI=1S/C15H13ClN4O/c16-13-5-10(7-17)1-2-11(13)9-20-15(21)6-12-8-18-4-3-14(12)19-20/h1-2,5-6,18H,3-4,8-9H2. The summed E-state index contributed by atoms with van der Waals surface area (Å²) in [7, 11) is 0. The minimum Gasteiger partial charge on any atom is -0.312 e. The number of aromatic nitrogens is 2. The lowest BCUT2D eigenvalue weighted by molar-refractivity contribution is 0.562. The van der Waals surface area contributed by atoms with Crippen LogP contribution in [0.1, 0.15) is 22.4 Å². The van der Waals surface area contributed by atoms with E-state index < -0.39 is 0 Å². The van der Waals surface area contributed by atoms with E-state index >= 15 is 0 Å². The maximum Gasteiger partial charge on any atom is 0.267 e. The van der Waals surface area contributed by atoms with Gasteiger partial charge in [-0.2, -0.15) is 10.4 Å². The van der Waals surface area contributed by atoms with Crippen LogP contribution < -0.4 is 10.9 Å². The molecule has 5 nitrogen and oxygen atoms in total. The van der Waals surface area contributed by atoms with E-state index in [1.807, 2.05) is 6.07 Å². The largest absolute Gasteiger partial charge is 0.312 e. The van der Waals surface area contributed by atoms with Crippen molar-refractivity contribution in [3.63, 3.8) is 0 Å². The third kappa shape index (κ3) is 2.82. The zero-order valence-electron chi connectivity index (χ0n) is 11.3. The molecule has 21 heavy (non-hydrogen) atoms. The van der Waals surface area contributed by atoms with Crippen LogP contribution in [0.3, 0.4) is 0 Å². The molecule has 0 saturated carbocycles. The summed E-state index contributed by atoms with van der Waals surface area (Å²) >= 11 is 6.15. The third-order valence-electron chi connectivity index (χ3n) is 3.52. The van der Waals surface area contributed by atoms with E-state index in [0.717, 1.165) is 29.8 Å². The topological polar surface area (TPSA) is 70.7 Å². The molecule has 2 aromatic rings. The highest BCUT2D eigenvalue weighted by atomic mass is 35.5. The summed E-state index contributed by atoms with van der Waals surface area (Å²) in [6.07, 6.45) is 0.816. The number of rotatable bonds is 2. The minimum absolute atomic E-state index is 0.141. The van der Waals surface area contributed by atoms with Crippen LogP contribution in [0.25, 0.3) is 0 Å². The van der Waals surface area contributed by atoms with Gasteiger partial charge in [0, 0.05) is 30.6 Å². The molecular weight excluding hydrogens is 288 g/mol. The summed E-state index contributed by atoms with van der Waals surface area (Å²) in [5.74, 6) is 0. The molecule has 2 heterocycles. The normalized spacial score (nSPS) is 13.5. The Bertz CT molecular complexity index is 791. The highest BCUT2D eigenvalue weighted by molar-refractivity contribution is 6.31. The fourth-order valence-corrected chi connectivity index (χ4v) is 2.62. The Balaban J connectivity index is 1.95. The van der Waals surface area contributed by atoms with Crippen molar-refractivity contribution in [2.24, 2.45) is 0 Å². The van der Waals surface area contributed by atoms with Crippen molar-refractivity contribution in [2.75, 3.05) is 6.54 Å². The second-order valence-corrected chi connectivity index (χ2v) is 5.36. The van der Waals surface area contributed by atoms with E-state index in [0.29, 0.717) is 23.7 Å². The number of fused-ring (bicyclic) bond motifs is 1. The number of nitriles is 1. The van der Waals surface area contributed by atoms with E-state index in [4.69, 9.17) is 16.9 Å². The van der Waals surface area contributed by atoms with Crippen LogP contribution >= 0.6 is 11.6 Å². The average molecular weight is 301 g/mol. The molecule has 0 saturated heterocycles. The molecule has 1 aromatic carbocycles. The van der Waals surface area contributed by atoms with E-state index in [1.165, 1.54) is 4.68 Å². The molecule has 106 valence electrons. The quantitative estimate of drug-likeness (QED) is 0.911. The summed E-state index contributed by atoms with van der Waals surface area (Å²) in [5.41, 5.74) is 3.06. The molecule has 0 bridgehead atoms. The van der Waals surface area contributed by atoms with Gasteiger partial charge in [0.2, 0.25) is 0 Å². The summed E-state index contributed by atoms with van der Waals surface area (Å²) in [6, 6.07) is 8.72. The Hall–Kier alpha value is -2.16. The van der Waals surface area contributed by atoms with Gasteiger partial charge in [0.25, 0.3) is 5.56 Å². The van der Waals surface area contributed by atoms with Gasteiger partial charge in [-0.1, -0.05) is 17.7 Å². The van der Waals surface area contributed by atoms with Crippen LogP contribution in [0.4, 0.5) is 0 Å². The maximum atomic E-state index is 12.1. The Morgan fingerprint density at radius 2 is 2.29 bits per heavy atom. The first kappa shape index (κ1) is 13.8. The van der Waals surface area contributed by atoms with Crippen LogP contribution in [0.5, 0.6) is 0 Å². The van der Waals surface area contributed by atoms with Crippen LogP contribution in [-0.4, -0.2) is 16.3 Å². The van der Waals surface area contributed by atoms with Gasteiger partial charge in [0.15, 0.2) is 0 Å². The Morgan fingerprint density at radius 3 is 3.05 bits per heavy atom. The van der Waals surface area contributed by atoms with Gasteiger partial charge in [0.1, 0.15) is 0 Å². The molecule has 0 spiro atoms. The smallest absolute Gasteiger partial charge is 0.267 e. The minimum atomic E-state index is -0.141. The number of nitrogens with one attached hydrogen (secondary N) is 1. The molecule has 1 aromatic heterocycles. The van der Waals surface area contributed by atoms with Gasteiger partial charge >= 0.3 is 0 Å². The van der Waals surface area contributed by atoms with Gasteiger partial charge in [-0.3, -0.25) is 4.79 Å². The highest BCUT2D eigenvalue weighted by Gasteiger charge is 2.13. The van der Waals surface area contributed by atoms with Crippen LogP contribution in [0, 0.1) is 11.3 Å². The van der Waals surface area contributed by atoms with Crippen molar-refractivity contribution in [3.8, 4) is 6.07 Å². The molecule has 0 aliphatic carbocycles. The first-order valence-electron chi connectivity index (χ1n) is 6.66. The first-order chi connectivity index (χ1) is 10.2. The monoisotopic (exact) mass is 300 g/mol. The second kappa shape index (κ2) is 5.68. The second-order valence-electron chi connectivity index (χ2n) is 4.96. The lowest BCUT2D eigenvalue weighted by Gasteiger charge is -2.17. The summed E-state index contributed by atoms with van der Waals surface area (Å²) in [4.78, 5) is 12.1. The average Bonchev–Trinajstić information content (AvgIpc) is 2.49. The Labute approximate surface area is 126 Å². The molecule has 1 aliphatic heterocycles. The molecule has 0 atom stereocenters. The molecule has 1 N–H and O–H groups in total. The molecule has 0 amide bonds. The molecule has 1 aliphatic rings. The van der Waals surface area contributed by atoms with Gasteiger partial charge < -0.3 is 5.32 Å². The van der Waals surface area contributed by atoms with E-state index in [2.05, 4.69) is 10.4 Å². The first-order valence-corrected chi connectivity index (χ1v) is 7.04. The van der Waals surface area contributed by atoms with E-state index in [-0.39, 0.29) is 5.56 Å². The van der Waals surface area contributed by atoms with Crippen molar-refractivity contribution >= 4 is 11.6 Å². The van der Waals surface area contributed by atoms with E-state index in [9.17, 15) is 4.79 Å². The summed E-state index contributed by atoms with van der Waals surface area (Å²) in [6.45, 7) is 1.87. The number of halogens is 1. The predicted molar refractivity (Wildman–Crippen MR) is 79.2 cm³/mol. The van der Waals surface area contributed by atoms with Crippen molar-refractivity contribution < 1.29 is 0 Å². The molecule has 0 radical (unpaired) electrons. The van der Waals surface area contributed by atoms with Gasteiger partial charge in [-0.25, -0.2) is 4.68 Å². The van der Waals surface area contributed by atoms with Crippen molar-refractivity contribution in [1.82, 2.24) is 15.1 Å². The van der Waals surface area contributed by atoms with Crippen LogP contribution in [-0.2, 0) is 19.5 Å². The lowest BCUT2D eigenvalue weighted by Crippen LogP contribution is -2.31. The molecule has 6 heteroatoms. The van der Waals surface area contributed by atoms with Gasteiger partial charge in [0.05, 0.1) is 23.9 Å². The fraction of sp³-hybridized carbons (Fsp3) is 0.267. The fourth-order valence-electron chi connectivity index (χ4n) is 2.38. The SMILES string of the molecule is N#Cc1ccc(Cn2nc3c(cc2=O)CNCC3)c(Cl)c1. The molecule has 0 unspecified atom stereocenters. The number of hydrogen-bond donors (Lipinski definition) is 1.